The molecule has 1 unspecified atom stereocenters. The summed E-state index contributed by atoms with van der Waals surface area (Å²) in [6.07, 6.45) is 2.96. The largest absolute Gasteiger partial charge is 0.480 e. The van der Waals surface area contributed by atoms with Crippen LogP contribution in [0.3, 0.4) is 0 Å². The molecule has 0 amide bonds. The van der Waals surface area contributed by atoms with E-state index in [0.29, 0.717) is 6.42 Å². The first kappa shape index (κ1) is 10.6. The van der Waals surface area contributed by atoms with Crippen LogP contribution in [0.2, 0.25) is 0 Å². The summed E-state index contributed by atoms with van der Waals surface area (Å²) in [4.78, 5) is 20.1. The summed E-state index contributed by atoms with van der Waals surface area (Å²) in [5.74, 6) is -2.11. The predicted octanol–water partition coefficient (Wildman–Crippen LogP) is -0.181. The number of carboxylic acid groups (broad SMARTS) is 2. The third kappa shape index (κ3) is 5.43. The maximum absolute atomic E-state index is 10.2. The maximum Gasteiger partial charge on any atom is 0.327 e. The maximum atomic E-state index is 10.2. The average Bonchev–Trinajstić information content (AvgIpc) is 1.97. The van der Waals surface area contributed by atoms with Gasteiger partial charge in [0.25, 0.3) is 0 Å². The molecule has 0 spiro atoms. The Kier molecular flexibility index (Phi) is 4.71. The van der Waals surface area contributed by atoms with Crippen LogP contribution >= 0.6 is 0 Å². The summed E-state index contributed by atoms with van der Waals surface area (Å²) in [6.45, 7) is 0. The molecule has 0 aromatic carbocycles. The molecule has 0 saturated carbocycles. The van der Waals surface area contributed by atoms with E-state index in [1.54, 1.807) is 0 Å². The van der Waals surface area contributed by atoms with Crippen LogP contribution in [0.15, 0.2) is 12.2 Å². The molecule has 0 fully saturated rings. The van der Waals surface area contributed by atoms with Crippen LogP contribution in [0.4, 0.5) is 0 Å². The fourth-order valence-corrected chi connectivity index (χ4v) is 0.583. The first-order valence-electron chi connectivity index (χ1n) is 3.42. The molecule has 0 aromatic rings. The van der Waals surface area contributed by atoms with Gasteiger partial charge in [0.05, 0.1) is 0 Å². The number of carboxylic acids is 2. The van der Waals surface area contributed by atoms with Gasteiger partial charge in [0.1, 0.15) is 6.04 Å². The Bertz CT molecular complexity index is 200. The molecule has 0 aliphatic carbocycles. The second-order valence-corrected chi connectivity index (χ2v) is 2.26. The van der Waals surface area contributed by atoms with Gasteiger partial charge < -0.3 is 15.9 Å². The number of allylic oxidation sites excluding steroid dienone is 1. The van der Waals surface area contributed by atoms with E-state index < -0.39 is 18.0 Å². The number of rotatable bonds is 5. The Morgan fingerprint density at radius 2 is 2.00 bits per heavy atom. The highest BCUT2D eigenvalue weighted by molar-refractivity contribution is 5.79. The monoisotopic (exact) mass is 173 g/mol. The standard InChI is InChI=1S/C7H11NO4/c8-5(7(11)12)3-1-2-4-6(9)10/h2,4-5H,1,3,8H2,(H,9,10)(H,11,12)/b4-2+. The molecule has 0 rings (SSSR count). The smallest absolute Gasteiger partial charge is 0.327 e. The minimum atomic E-state index is -1.07. The van der Waals surface area contributed by atoms with Crippen LogP contribution < -0.4 is 5.73 Å². The van der Waals surface area contributed by atoms with Gasteiger partial charge in [0.15, 0.2) is 0 Å². The van der Waals surface area contributed by atoms with Crippen LogP contribution in [0, 0.1) is 0 Å². The molecular formula is C7H11NO4. The van der Waals surface area contributed by atoms with Gasteiger partial charge in [-0.3, -0.25) is 4.79 Å². The zero-order valence-electron chi connectivity index (χ0n) is 6.43. The number of nitrogens with two attached hydrogens (primary N) is 1. The van der Waals surface area contributed by atoms with Gasteiger partial charge in [-0.2, -0.15) is 0 Å². The molecule has 0 bridgehead atoms. The van der Waals surface area contributed by atoms with Crippen molar-refractivity contribution < 1.29 is 19.8 Å². The third-order valence-electron chi connectivity index (χ3n) is 1.22. The van der Waals surface area contributed by atoms with Gasteiger partial charge in [0, 0.05) is 6.08 Å². The molecule has 68 valence electrons. The summed E-state index contributed by atoms with van der Waals surface area (Å²) in [7, 11) is 0. The van der Waals surface area contributed by atoms with Crippen LogP contribution in [0.1, 0.15) is 12.8 Å². The quantitative estimate of drug-likeness (QED) is 0.500. The minimum Gasteiger partial charge on any atom is -0.480 e. The van der Waals surface area contributed by atoms with E-state index in [9.17, 15) is 9.59 Å². The first-order valence-corrected chi connectivity index (χ1v) is 3.42. The molecule has 12 heavy (non-hydrogen) atoms. The lowest BCUT2D eigenvalue weighted by Gasteiger charge is -2.01. The number of carbonyl (C=O) groups is 2. The molecule has 0 aliphatic heterocycles. The Hall–Kier alpha value is -1.36. The zero-order chi connectivity index (χ0) is 9.56. The van der Waals surface area contributed by atoms with Crippen LogP contribution in [-0.4, -0.2) is 28.2 Å². The van der Waals surface area contributed by atoms with Crippen molar-refractivity contribution in [3.8, 4) is 0 Å². The number of hydrogen-bond acceptors (Lipinski definition) is 3. The molecule has 0 radical (unpaired) electrons. The van der Waals surface area contributed by atoms with E-state index in [1.165, 1.54) is 6.08 Å². The van der Waals surface area contributed by atoms with Gasteiger partial charge in [0.2, 0.25) is 0 Å². The summed E-state index contributed by atoms with van der Waals surface area (Å²) in [6, 6.07) is -0.913. The summed E-state index contributed by atoms with van der Waals surface area (Å²) in [5, 5.41) is 16.5. The van der Waals surface area contributed by atoms with Crippen molar-refractivity contribution in [1.82, 2.24) is 0 Å². The second-order valence-electron chi connectivity index (χ2n) is 2.26. The van der Waals surface area contributed by atoms with E-state index in [4.69, 9.17) is 15.9 Å². The molecule has 1 atom stereocenters. The van der Waals surface area contributed by atoms with Crippen LogP contribution in [0.5, 0.6) is 0 Å². The van der Waals surface area contributed by atoms with Crippen LogP contribution in [-0.2, 0) is 9.59 Å². The van der Waals surface area contributed by atoms with E-state index in [2.05, 4.69) is 0 Å². The fourth-order valence-electron chi connectivity index (χ4n) is 0.583. The lowest BCUT2D eigenvalue weighted by atomic mass is 10.1. The van der Waals surface area contributed by atoms with Gasteiger partial charge in [-0.05, 0) is 12.8 Å². The van der Waals surface area contributed by atoms with E-state index in [0.717, 1.165) is 6.08 Å². The van der Waals surface area contributed by atoms with Crippen molar-refractivity contribution in [3.63, 3.8) is 0 Å². The average molecular weight is 173 g/mol. The van der Waals surface area contributed by atoms with Crippen molar-refractivity contribution in [3.05, 3.63) is 12.2 Å². The normalized spacial score (nSPS) is 13.1. The molecule has 5 heteroatoms. The molecule has 4 N–H and O–H groups in total. The Labute approximate surface area is 69.5 Å². The Morgan fingerprint density at radius 1 is 1.42 bits per heavy atom. The van der Waals surface area contributed by atoms with Crippen LogP contribution in [0.25, 0.3) is 0 Å². The highest BCUT2D eigenvalue weighted by Gasteiger charge is 2.08. The molecule has 0 saturated heterocycles. The van der Waals surface area contributed by atoms with Gasteiger partial charge >= 0.3 is 11.9 Å². The Morgan fingerprint density at radius 3 is 2.42 bits per heavy atom. The second kappa shape index (κ2) is 5.31. The molecule has 0 heterocycles. The predicted molar refractivity (Wildman–Crippen MR) is 41.6 cm³/mol. The molecule has 0 aliphatic rings. The van der Waals surface area contributed by atoms with Gasteiger partial charge in [-0.1, -0.05) is 6.08 Å². The van der Waals surface area contributed by atoms with Crippen molar-refractivity contribution in [1.29, 1.82) is 0 Å². The van der Waals surface area contributed by atoms with Crippen molar-refractivity contribution in [2.45, 2.75) is 18.9 Å². The summed E-state index contributed by atoms with van der Waals surface area (Å²) < 4.78 is 0. The summed E-state index contributed by atoms with van der Waals surface area (Å²) in [5.41, 5.74) is 5.15. The van der Waals surface area contributed by atoms with E-state index in [1.807, 2.05) is 0 Å². The molecular weight excluding hydrogens is 162 g/mol. The highest BCUT2D eigenvalue weighted by atomic mass is 16.4. The lowest BCUT2D eigenvalue weighted by Crippen LogP contribution is -2.29. The minimum absolute atomic E-state index is 0.249. The third-order valence-corrected chi connectivity index (χ3v) is 1.22. The number of hydrogen-bond donors (Lipinski definition) is 3. The Balaban J connectivity index is 3.56. The van der Waals surface area contributed by atoms with Gasteiger partial charge in [-0.25, -0.2) is 4.79 Å². The summed E-state index contributed by atoms with van der Waals surface area (Å²) >= 11 is 0. The van der Waals surface area contributed by atoms with Gasteiger partial charge in [-0.15, -0.1) is 0 Å². The topological polar surface area (TPSA) is 101 Å². The van der Waals surface area contributed by atoms with Crippen molar-refractivity contribution >= 4 is 11.9 Å². The molecule has 0 aromatic heterocycles. The molecule has 5 nitrogen and oxygen atoms in total. The zero-order valence-corrected chi connectivity index (χ0v) is 6.43. The SMILES string of the molecule is NC(CC/C=C/C(=O)O)C(=O)O. The van der Waals surface area contributed by atoms with Crippen molar-refractivity contribution in [2.75, 3.05) is 0 Å². The lowest BCUT2D eigenvalue weighted by molar-refractivity contribution is -0.138. The first-order chi connectivity index (χ1) is 5.54. The fraction of sp³-hybridized carbons (Fsp3) is 0.429. The number of aliphatic carboxylic acids is 2. The van der Waals surface area contributed by atoms with E-state index >= 15 is 0 Å². The van der Waals surface area contributed by atoms with E-state index in [-0.39, 0.29) is 6.42 Å². The highest BCUT2D eigenvalue weighted by Crippen LogP contribution is 1.95. The van der Waals surface area contributed by atoms with Crippen molar-refractivity contribution in [2.24, 2.45) is 5.73 Å².